The number of aromatic hydroxyl groups is 1. The zero-order chi connectivity index (χ0) is 18.0. The maximum Gasteiger partial charge on any atom is 0.296 e. The third kappa shape index (κ3) is 3.22. The summed E-state index contributed by atoms with van der Waals surface area (Å²) in [4.78, 5) is 12.2. The van der Waals surface area contributed by atoms with Crippen molar-refractivity contribution in [1.82, 2.24) is 4.57 Å². The van der Waals surface area contributed by atoms with Crippen LogP contribution in [0.4, 0.5) is 5.69 Å². The second-order valence-corrected chi connectivity index (χ2v) is 5.95. The van der Waals surface area contributed by atoms with Crippen LogP contribution >= 0.6 is 23.2 Å². The summed E-state index contributed by atoms with van der Waals surface area (Å²) in [6.07, 6.45) is 5.34. The van der Waals surface area contributed by atoms with Crippen molar-refractivity contribution in [1.29, 1.82) is 0 Å². The summed E-state index contributed by atoms with van der Waals surface area (Å²) in [5, 5.41) is 19.2. The Morgan fingerprint density at radius 1 is 1.24 bits per heavy atom. The molecule has 124 valence electrons. The van der Waals surface area contributed by atoms with Gasteiger partial charge in [0.1, 0.15) is 0 Å². The van der Waals surface area contributed by atoms with Crippen molar-refractivity contribution in [2.45, 2.75) is 6.54 Å². The van der Waals surface area contributed by atoms with E-state index in [1.54, 1.807) is 18.2 Å². The van der Waals surface area contributed by atoms with E-state index in [9.17, 15) is 9.90 Å². The molecule has 1 amide bonds. The summed E-state index contributed by atoms with van der Waals surface area (Å²) in [5.74, 6) is 1.67. The number of hydrogen-bond acceptors (Lipinski definition) is 3. The quantitative estimate of drug-likeness (QED) is 0.507. The predicted molar refractivity (Wildman–Crippen MR) is 97.7 cm³/mol. The van der Waals surface area contributed by atoms with Crippen molar-refractivity contribution >= 4 is 45.7 Å². The van der Waals surface area contributed by atoms with Gasteiger partial charge in [0.15, 0.2) is 5.69 Å². The Kier molecular flexibility index (Phi) is 4.75. The van der Waals surface area contributed by atoms with E-state index >= 15 is 0 Å². The van der Waals surface area contributed by atoms with Crippen molar-refractivity contribution < 1.29 is 9.90 Å². The fraction of sp³-hybridized carbons (Fsp3) is 0.0556. The van der Waals surface area contributed by atoms with Gasteiger partial charge in [-0.15, -0.1) is 16.7 Å². The number of hydrogen-bond donors (Lipinski definition) is 1. The lowest BCUT2D eigenvalue weighted by Gasteiger charge is -2.00. The molecule has 0 bridgehead atoms. The molecular weight excluding hydrogens is 361 g/mol. The molecule has 0 aliphatic heterocycles. The number of nitrogens with zero attached hydrogens (tertiary/aromatic N) is 3. The first kappa shape index (κ1) is 17.0. The van der Waals surface area contributed by atoms with Crippen molar-refractivity contribution in [3.63, 3.8) is 0 Å². The Labute approximate surface area is 153 Å². The van der Waals surface area contributed by atoms with Gasteiger partial charge in [-0.1, -0.05) is 47.3 Å². The van der Waals surface area contributed by atoms with Crippen LogP contribution in [-0.2, 0) is 6.54 Å². The molecule has 0 saturated carbocycles. The van der Waals surface area contributed by atoms with Crippen LogP contribution in [0.25, 0.3) is 10.9 Å². The van der Waals surface area contributed by atoms with Crippen molar-refractivity contribution in [2.75, 3.05) is 0 Å². The minimum Gasteiger partial charge on any atom is -0.493 e. The van der Waals surface area contributed by atoms with E-state index in [0.717, 1.165) is 0 Å². The molecule has 7 heteroatoms. The van der Waals surface area contributed by atoms with Gasteiger partial charge >= 0.3 is 0 Å². The lowest BCUT2D eigenvalue weighted by atomic mass is 10.2. The summed E-state index contributed by atoms with van der Waals surface area (Å²) < 4.78 is 1.52. The van der Waals surface area contributed by atoms with E-state index < -0.39 is 5.91 Å². The Morgan fingerprint density at radius 3 is 2.72 bits per heavy atom. The number of amides is 1. The van der Waals surface area contributed by atoms with E-state index in [2.05, 4.69) is 16.1 Å². The topological polar surface area (TPSA) is 66.9 Å². The fourth-order valence-corrected chi connectivity index (χ4v) is 2.92. The van der Waals surface area contributed by atoms with E-state index in [1.807, 2.05) is 6.07 Å². The summed E-state index contributed by atoms with van der Waals surface area (Å²) >= 11 is 11.8. The van der Waals surface area contributed by atoms with Crippen molar-refractivity contribution in [3.05, 3.63) is 58.1 Å². The summed E-state index contributed by atoms with van der Waals surface area (Å²) in [6.45, 7) is 0.166. The molecular formula is C18H11Cl2N3O2. The Balaban J connectivity index is 2.03. The number of halogens is 2. The highest BCUT2D eigenvalue weighted by molar-refractivity contribution is 6.36. The molecule has 0 aliphatic carbocycles. The first-order valence-electron chi connectivity index (χ1n) is 7.17. The molecule has 0 fully saturated rings. The molecule has 0 aliphatic rings. The zero-order valence-corrected chi connectivity index (χ0v) is 14.3. The van der Waals surface area contributed by atoms with Crippen LogP contribution in [0.5, 0.6) is 5.88 Å². The van der Waals surface area contributed by atoms with Crippen molar-refractivity contribution in [2.24, 2.45) is 10.2 Å². The number of rotatable bonds is 3. The number of benzene rings is 2. The zero-order valence-electron chi connectivity index (χ0n) is 12.8. The number of azo groups is 1. The minimum absolute atomic E-state index is 0.155. The van der Waals surface area contributed by atoms with Gasteiger partial charge < -0.3 is 5.11 Å². The molecule has 0 spiro atoms. The van der Waals surface area contributed by atoms with Gasteiger partial charge in [0.2, 0.25) is 5.88 Å². The summed E-state index contributed by atoms with van der Waals surface area (Å²) in [5.41, 5.74) is 1.04. The molecule has 1 heterocycles. The number of para-hydroxylation sites is 1. The number of carbonyl (C=O) groups excluding carboxylic acids is 1. The van der Waals surface area contributed by atoms with Gasteiger partial charge in [0.05, 0.1) is 22.6 Å². The predicted octanol–water partition coefficient (Wildman–Crippen LogP) is 5.21. The highest BCUT2D eigenvalue weighted by atomic mass is 35.5. The average Bonchev–Trinajstić information content (AvgIpc) is 2.85. The summed E-state index contributed by atoms with van der Waals surface area (Å²) in [7, 11) is 0. The number of aromatic nitrogens is 1. The van der Waals surface area contributed by atoms with Crippen molar-refractivity contribution in [3.8, 4) is 18.2 Å². The number of terminal acetylenes is 1. The van der Waals surface area contributed by atoms with Crippen LogP contribution in [0.15, 0.2) is 52.7 Å². The minimum atomic E-state index is -0.644. The number of fused-ring (bicyclic) bond motifs is 1. The molecule has 3 aromatic rings. The van der Waals surface area contributed by atoms with E-state index in [0.29, 0.717) is 15.9 Å². The molecule has 5 nitrogen and oxygen atoms in total. The normalized spacial score (nSPS) is 11.1. The second kappa shape index (κ2) is 6.98. The van der Waals surface area contributed by atoms with Gasteiger partial charge in [-0.25, -0.2) is 0 Å². The molecule has 0 unspecified atom stereocenters. The van der Waals surface area contributed by atoms with Crippen LogP contribution in [0.1, 0.15) is 10.4 Å². The van der Waals surface area contributed by atoms with Crippen LogP contribution in [0.3, 0.4) is 0 Å². The standard InChI is InChI=1S/C18H11Cl2N3O2/c1-2-9-23-15-6-4-3-5-13(15)16(18(23)25)21-22-17(24)12-8-7-11(19)10-14(12)20/h1,3-8,10,25H,9H2. The van der Waals surface area contributed by atoms with E-state index in [1.165, 1.54) is 22.8 Å². The molecule has 2 aromatic carbocycles. The third-order valence-electron chi connectivity index (χ3n) is 3.57. The van der Waals surface area contributed by atoms with Crippen LogP contribution in [0, 0.1) is 12.3 Å². The second-order valence-electron chi connectivity index (χ2n) is 5.11. The van der Waals surface area contributed by atoms with Gasteiger partial charge in [-0.05, 0) is 24.3 Å². The number of carbonyl (C=O) groups is 1. The molecule has 1 N–H and O–H groups in total. The van der Waals surface area contributed by atoms with Gasteiger partial charge in [0, 0.05) is 10.4 Å². The maximum absolute atomic E-state index is 12.2. The Hall–Kier alpha value is -2.81. The SMILES string of the molecule is C#CCn1c(O)c(N=NC(=O)c2ccc(Cl)cc2Cl)c2ccccc21. The van der Waals surface area contributed by atoms with Gasteiger partial charge in [0.25, 0.3) is 5.91 Å². The van der Waals surface area contributed by atoms with Crippen LogP contribution in [0.2, 0.25) is 10.0 Å². The lowest BCUT2D eigenvalue weighted by molar-refractivity contribution is 0.0995. The Morgan fingerprint density at radius 2 is 2.00 bits per heavy atom. The molecule has 0 radical (unpaired) electrons. The van der Waals surface area contributed by atoms with Gasteiger partial charge in [-0.2, -0.15) is 0 Å². The third-order valence-corrected chi connectivity index (χ3v) is 4.12. The van der Waals surface area contributed by atoms with Crippen LogP contribution < -0.4 is 0 Å². The first-order chi connectivity index (χ1) is 12.0. The van der Waals surface area contributed by atoms with Gasteiger partial charge in [-0.3, -0.25) is 9.36 Å². The fourth-order valence-electron chi connectivity index (χ4n) is 2.43. The molecule has 25 heavy (non-hydrogen) atoms. The molecule has 0 saturated heterocycles. The molecule has 3 rings (SSSR count). The highest BCUT2D eigenvalue weighted by Gasteiger charge is 2.17. The molecule has 1 aromatic heterocycles. The monoisotopic (exact) mass is 371 g/mol. The highest BCUT2D eigenvalue weighted by Crippen LogP contribution is 2.38. The van der Waals surface area contributed by atoms with E-state index in [4.69, 9.17) is 29.6 Å². The molecule has 0 atom stereocenters. The van der Waals surface area contributed by atoms with E-state index in [-0.39, 0.29) is 28.7 Å². The largest absolute Gasteiger partial charge is 0.493 e. The lowest BCUT2D eigenvalue weighted by Crippen LogP contribution is -1.95. The smallest absolute Gasteiger partial charge is 0.296 e. The maximum atomic E-state index is 12.2. The average molecular weight is 372 g/mol. The Bertz CT molecular complexity index is 1050. The summed E-state index contributed by atoms with van der Waals surface area (Å²) in [6, 6.07) is 11.6. The van der Waals surface area contributed by atoms with Crippen LogP contribution in [-0.4, -0.2) is 15.6 Å². The first-order valence-corrected chi connectivity index (χ1v) is 7.93.